The van der Waals surface area contributed by atoms with Crippen LogP contribution in [0.3, 0.4) is 0 Å². The Morgan fingerprint density at radius 2 is 1.87 bits per heavy atom. The number of amides is 2. The number of nitrogens with one attached hydrogen (secondary N) is 2. The van der Waals surface area contributed by atoms with Crippen LogP contribution in [0.15, 0.2) is 53.6 Å². The molecule has 2 rings (SSSR count). The fraction of sp³-hybridized carbons (Fsp3) is 0.0625. The quantitative estimate of drug-likeness (QED) is 0.514. The molecule has 0 radical (unpaired) electrons. The third kappa shape index (κ3) is 4.92. The van der Waals surface area contributed by atoms with Crippen LogP contribution in [0.1, 0.15) is 5.56 Å². The Morgan fingerprint density at radius 1 is 1.13 bits per heavy atom. The molecule has 7 heteroatoms. The second-order valence-electron chi connectivity index (χ2n) is 4.44. The molecule has 2 amide bonds. The number of anilines is 1. The molecule has 23 heavy (non-hydrogen) atoms. The van der Waals surface area contributed by atoms with Gasteiger partial charge in [-0.3, -0.25) is 9.59 Å². The van der Waals surface area contributed by atoms with Gasteiger partial charge in [0.25, 0.3) is 0 Å². The van der Waals surface area contributed by atoms with E-state index in [9.17, 15) is 14.0 Å². The molecule has 6 nitrogen and oxygen atoms in total. The Bertz CT molecular complexity index is 730. The van der Waals surface area contributed by atoms with Gasteiger partial charge in [0.2, 0.25) is 0 Å². The van der Waals surface area contributed by atoms with Gasteiger partial charge in [-0.05, 0) is 42.0 Å². The normalized spacial score (nSPS) is 10.3. The van der Waals surface area contributed by atoms with E-state index in [0.29, 0.717) is 17.0 Å². The van der Waals surface area contributed by atoms with Crippen molar-refractivity contribution in [3.05, 3.63) is 59.9 Å². The molecular formula is C16H14FN3O3. The van der Waals surface area contributed by atoms with Crippen LogP contribution < -0.4 is 15.5 Å². The second-order valence-corrected chi connectivity index (χ2v) is 4.44. The van der Waals surface area contributed by atoms with Crippen LogP contribution in [0.25, 0.3) is 0 Å². The maximum absolute atomic E-state index is 12.7. The van der Waals surface area contributed by atoms with E-state index in [2.05, 4.69) is 15.8 Å². The monoisotopic (exact) mass is 315 g/mol. The molecule has 0 heterocycles. The summed E-state index contributed by atoms with van der Waals surface area (Å²) in [4.78, 5) is 23.2. The minimum atomic E-state index is -0.937. The highest BCUT2D eigenvalue weighted by Crippen LogP contribution is 2.10. The molecule has 2 N–H and O–H groups in total. The van der Waals surface area contributed by atoms with Crippen molar-refractivity contribution in [2.75, 3.05) is 12.4 Å². The van der Waals surface area contributed by atoms with Crippen LogP contribution in [0, 0.1) is 5.82 Å². The Morgan fingerprint density at radius 3 is 2.57 bits per heavy atom. The third-order valence-corrected chi connectivity index (χ3v) is 2.78. The predicted octanol–water partition coefficient (Wildman–Crippen LogP) is 1.92. The average molecular weight is 315 g/mol. The summed E-state index contributed by atoms with van der Waals surface area (Å²) in [7, 11) is 1.54. The molecule has 0 bridgehead atoms. The summed E-state index contributed by atoms with van der Waals surface area (Å²) < 4.78 is 17.8. The first kappa shape index (κ1) is 16.2. The molecule has 118 valence electrons. The van der Waals surface area contributed by atoms with E-state index in [0.717, 1.165) is 0 Å². The number of rotatable bonds is 4. The summed E-state index contributed by atoms with van der Waals surface area (Å²) in [6.45, 7) is 0. The Balaban J connectivity index is 1.89. The molecule has 2 aromatic carbocycles. The maximum Gasteiger partial charge on any atom is 0.329 e. The first-order valence-corrected chi connectivity index (χ1v) is 6.62. The van der Waals surface area contributed by atoms with E-state index in [1.54, 1.807) is 24.3 Å². The van der Waals surface area contributed by atoms with Crippen LogP contribution in [-0.2, 0) is 9.59 Å². The lowest BCUT2D eigenvalue weighted by Crippen LogP contribution is -2.32. The number of ether oxygens (including phenoxy) is 1. The lowest BCUT2D eigenvalue weighted by atomic mass is 10.2. The molecule has 0 fully saturated rings. The lowest BCUT2D eigenvalue weighted by molar-refractivity contribution is -0.136. The molecule has 0 aromatic heterocycles. The molecule has 0 spiro atoms. The van der Waals surface area contributed by atoms with Gasteiger partial charge in [-0.15, -0.1) is 0 Å². The Labute approximate surface area is 132 Å². The molecule has 0 saturated heterocycles. The van der Waals surface area contributed by atoms with Gasteiger partial charge >= 0.3 is 11.8 Å². The third-order valence-electron chi connectivity index (χ3n) is 2.78. The average Bonchev–Trinajstić information content (AvgIpc) is 2.57. The zero-order valence-corrected chi connectivity index (χ0v) is 12.2. The topological polar surface area (TPSA) is 79.8 Å². The van der Waals surface area contributed by atoms with Crippen molar-refractivity contribution in [2.45, 2.75) is 0 Å². The summed E-state index contributed by atoms with van der Waals surface area (Å²) in [6.07, 6.45) is 1.38. The number of methoxy groups -OCH3 is 1. The Kier molecular flexibility index (Phi) is 5.40. The zero-order valence-electron chi connectivity index (χ0n) is 12.2. The molecule has 2 aromatic rings. The van der Waals surface area contributed by atoms with Gasteiger partial charge in [0.1, 0.15) is 11.6 Å². The molecular weight excluding hydrogens is 301 g/mol. The number of hydrazone groups is 1. The number of hydrogen-bond donors (Lipinski definition) is 2. The SMILES string of the molecule is COc1cccc(C=NNC(=O)C(=O)Nc2ccc(F)cc2)c1. The van der Waals surface area contributed by atoms with Gasteiger partial charge < -0.3 is 10.1 Å². The van der Waals surface area contributed by atoms with Crippen molar-refractivity contribution in [3.63, 3.8) is 0 Å². The molecule has 0 aliphatic rings. The summed E-state index contributed by atoms with van der Waals surface area (Å²) >= 11 is 0. The fourth-order valence-electron chi connectivity index (χ4n) is 1.66. The van der Waals surface area contributed by atoms with E-state index in [4.69, 9.17) is 4.74 Å². The zero-order chi connectivity index (χ0) is 16.7. The number of halogens is 1. The van der Waals surface area contributed by atoms with Gasteiger partial charge in [0.15, 0.2) is 0 Å². The van der Waals surface area contributed by atoms with E-state index in [1.807, 2.05) is 0 Å². The van der Waals surface area contributed by atoms with E-state index in [1.165, 1.54) is 37.6 Å². The fourth-order valence-corrected chi connectivity index (χ4v) is 1.66. The molecule has 0 aliphatic carbocycles. The van der Waals surface area contributed by atoms with Crippen LogP contribution >= 0.6 is 0 Å². The predicted molar refractivity (Wildman–Crippen MR) is 83.8 cm³/mol. The summed E-state index contributed by atoms with van der Waals surface area (Å²) in [5, 5.41) is 6.02. The lowest BCUT2D eigenvalue weighted by Gasteiger charge is -2.03. The highest BCUT2D eigenvalue weighted by Gasteiger charge is 2.12. The Hall–Kier alpha value is -3.22. The van der Waals surface area contributed by atoms with Gasteiger partial charge in [-0.25, -0.2) is 9.82 Å². The van der Waals surface area contributed by atoms with E-state index < -0.39 is 17.6 Å². The summed E-state index contributed by atoms with van der Waals surface area (Å²) in [5.41, 5.74) is 3.11. The van der Waals surface area contributed by atoms with Crippen molar-refractivity contribution >= 4 is 23.7 Å². The largest absolute Gasteiger partial charge is 0.497 e. The molecule has 0 saturated carbocycles. The summed E-state index contributed by atoms with van der Waals surface area (Å²) in [6, 6.07) is 12.1. The van der Waals surface area contributed by atoms with Crippen molar-refractivity contribution in [1.82, 2.24) is 5.43 Å². The standard InChI is InChI=1S/C16H14FN3O3/c1-23-14-4-2-3-11(9-14)10-18-20-16(22)15(21)19-13-7-5-12(17)6-8-13/h2-10H,1H3,(H,19,21)(H,20,22). The number of carbonyl (C=O) groups excluding carboxylic acids is 2. The van der Waals surface area contributed by atoms with Crippen molar-refractivity contribution in [2.24, 2.45) is 5.10 Å². The van der Waals surface area contributed by atoms with Gasteiger partial charge in [-0.1, -0.05) is 12.1 Å². The molecule has 0 atom stereocenters. The van der Waals surface area contributed by atoms with Crippen molar-refractivity contribution in [1.29, 1.82) is 0 Å². The van der Waals surface area contributed by atoms with Crippen molar-refractivity contribution in [3.8, 4) is 5.75 Å². The van der Waals surface area contributed by atoms with Gasteiger partial charge in [0.05, 0.1) is 13.3 Å². The minimum Gasteiger partial charge on any atom is -0.497 e. The molecule has 0 unspecified atom stereocenters. The number of benzene rings is 2. The van der Waals surface area contributed by atoms with Crippen LogP contribution in [0.4, 0.5) is 10.1 Å². The molecule has 0 aliphatic heterocycles. The highest BCUT2D eigenvalue weighted by molar-refractivity contribution is 6.39. The number of nitrogens with zero attached hydrogens (tertiary/aromatic N) is 1. The van der Waals surface area contributed by atoms with E-state index >= 15 is 0 Å². The first-order valence-electron chi connectivity index (χ1n) is 6.62. The highest BCUT2D eigenvalue weighted by atomic mass is 19.1. The van der Waals surface area contributed by atoms with Crippen molar-refractivity contribution < 1.29 is 18.7 Å². The number of hydrogen-bond acceptors (Lipinski definition) is 4. The van der Waals surface area contributed by atoms with Gasteiger partial charge in [-0.2, -0.15) is 5.10 Å². The second kappa shape index (κ2) is 7.69. The van der Waals surface area contributed by atoms with Gasteiger partial charge in [0, 0.05) is 5.69 Å². The summed E-state index contributed by atoms with van der Waals surface area (Å²) in [5.74, 6) is -1.63. The van der Waals surface area contributed by atoms with Crippen LogP contribution in [0.2, 0.25) is 0 Å². The number of carbonyl (C=O) groups is 2. The van der Waals surface area contributed by atoms with Crippen LogP contribution in [0.5, 0.6) is 5.75 Å². The minimum absolute atomic E-state index is 0.309. The first-order chi connectivity index (χ1) is 11.1. The van der Waals surface area contributed by atoms with Crippen LogP contribution in [-0.4, -0.2) is 25.1 Å². The smallest absolute Gasteiger partial charge is 0.329 e. The maximum atomic E-state index is 12.7. The van der Waals surface area contributed by atoms with E-state index in [-0.39, 0.29) is 0 Å².